The van der Waals surface area contributed by atoms with Gasteiger partial charge in [0.2, 0.25) is 5.88 Å². The minimum atomic E-state index is 0.108. The highest BCUT2D eigenvalue weighted by Crippen LogP contribution is 2.22. The van der Waals surface area contributed by atoms with Crippen LogP contribution in [0.3, 0.4) is 0 Å². The quantitative estimate of drug-likeness (QED) is 0.867. The minimum Gasteiger partial charge on any atom is -0.473 e. The van der Waals surface area contributed by atoms with Crippen LogP contribution in [0, 0.1) is 0 Å². The Morgan fingerprint density at radius 1 is 1.32 bits per heavy atom. The summed E-state index contributed by atoms with van der Waals surface area (Å²) in [6, 6.07) is 5.87. The number of aryl methyl sites for hydroxylation is 1. The third-order valence-corrected chi connectivity index (χ3v) is 2.68. The van der Waals surface area contributed by atoms with Crippen LogP contribution in [-0.4, -0.2) is 20.9 Å². The molecule has 0 radical (unpaired) electrons. The van der Waals surface area contributed by atoms with Crippen molar-refractivity contribution in [3.05, 3.63) is 36.3 Å². The van der Waals surface area contributed by atoms with Crippen molar-refractivity contribution in [1.82, 2.24) is 14.8 Å². The number of anilines is 1. The second-order valence-electron chi connectivity index (χ2n) is 4.51. The molecule has 1 N–H and O–H groups in total. The molecule has 0 saturated heterocycles. The topological polar surface area (TPSA) is 52.0 Å². The van der Waals surface area contributed by atoms with Gasteiger partial charge in [0.15, 0.2) is 0 Å². The number of nitrogens with one attached hydrogen (secondary N) is 1. The van der Waals surface area contributed by atoms with E-state index in [1.54, 1.807) is 6.20 Å². The van der Waals surface area contributed by atoms with Crippen molar-refractivity contribution >= 4 is 5.69 Å². The van der Waals surface area contributed by atoms with Gasteiger partial charge in [-0.1, -0.05) is 0 Å². The van der Waals surface area contributed by atoms with Gasteiger partial charge in [0.25, 0.3) is 0 Å². The summed E-state index contributed by atoms with van der Waals surface area (Å²) in [6.45, 7) is 7.63. The van der Waals surface area contributed by atoms with E-state index in [0.29, 0.717) is 12.4 Å². The summed E-state index contributed by atoms with van der Waals surface area (Å²) in [5.41, 5.74) is 2.04. The summed E-state index contributed by atoms with van der Waals surface area (Å²) in [6.07, 6.45) is 3.66. The molecule has 2 rings (SSSR count). The summed E-state index contributed by atoms with van der Waals surface area (Å²) in [7, 11) is 0. The first-order valence-electron chi connectivity index (χ1n) is 6.57. The standard InChI is InChI=1S/C14H20N4O/c1-4-18-12(7-9-17-18)10-16-13-6-5-8-15-14(13)19-11(2)3/h5-9,11,16H,4,10H2,1-3H3. The average Bonchev–Trinajstić information content (AvgIpc) is 2.84. The molecular formula is C14H20N4O. The molecule has 0 spiro atoms. The molecule has 0 unspecified atom stereocenters. The molecular weight excluding hydrogens is 240 g/mol. The number of hydrogen-bond donors (Lipinski definition) is 1. The van der Waals surface area contributed by atoms with Crippen molar-refractivity contribution in [1.29, 1.82) is 0 Å². The summed E-state index contributed by atoms with van der Waals surface area (Å²) in [5, 5.41) is 7.59. The van der Waals surface area contributed by atoms with E-state index >= 15 is 0 Å². The van der Waals surface area contributed by atoms with Crippen LogP contribution in [0.1, 0.15) is 26.5 Å². The normalized spacial score (nSPS) is 10.7. The van der Waals surface area contributed by atoms with Crippen molar-refractivity contribution in [3.63, 3.8) is 0 Å². The van der Waals surface area contributed by atoms with Crippen LogP contribution < -0.4 is 10.1 Å². The van der Waals surface area contributed by atoms with Gasteiger partial charge in [0.1, 0.15) is 0 Å². The minimum absolute atomic E-state index is 0.108. The zero-order chi connectivity index (χ0) is 13.7. The van der Waals surface area contributed by atoms with E-state index in [2.05, 4.69) is 22.3 Å². The van der Waals surface area contributed by atoms with Crippen molar-refractivity contribution in [3.8, 4) is 5.88 Å². The van der Waals surface area contributed by atoms with Gasteiger partial charge in [-0.25, -0.2) is 4.98 Å². The first-order chi connectivity index (χ1) is 9.20. The zero-order valence-corrected chi connectivity index (χ0v) is 11.6. The highest BCUT2D eigenvalue weighted by molar-refractivity contribution is 5.52. The van der Waals surface area contributed by atoms with E-state index in [-0.39, 0.29) is 6.10 Å². The maximum atomic E-state index is 5.68. The Balaban J connectivity index is 2.07. The molecule has 0 saturated carbocycles. The van der Waals surface area contributed by atoms with Crippen LogP contribution in [-0.2, 0) is 13.1 Å². The highest BCUT2D eigenvalue weighted by atomic mass is 16.5. The van der Waals surface area contributed by atoms with Crippen molar-refractivity contribution in [2.45, 2.75) is 40.0 Å². The predicted molar refractivity (Wildman–Crippen MR) is 75.2 cm³/mol. The van der Waals surface area contributed by atoms with Gasteiger partial charge in [-0.3, -0.25) is 4.68 Å². The third-order valence-electron chi connectivity index (χ3n) is 2.68. The molecule has 0 atom stereocenters. The lowest BCUT2D eigenvalue weighted by atomic mass is 10.3. The van der Waals surface area contributed by atoms with Crippen LogP contribution in [0.5, 0.6) is 5.88 Å². The van der Waals surface area contributed by atoms with Crippen LogP contribution in [0.4, 0.5) is 5.69 Å². The second-order valence-corrected chi connectivity index (χ2v) is 4.51. The summed E-state index contributed by atoms with van der Waals surface area (Å²) in [4.78, 5) is 4.25. The molecule has 19 heavy (non-hydrogen) atoms. The van der Waals surface area contributed by atoms with Gasteiger partial charge >= 0.3 is 0 Å². The molecule has 2 aromatic rings. The molecule has 0 amide bonds. The Bertz CT molecular complexity index is 522. The van der Waals surface area contributed by atoms with Crippen molar-refractivity contribution < 1.29 is 4.74 Å². The number of rotatable bonds is 6. The van der Waals surface area contributed by atoms with E-state index in [1.165, 1.54) is 0 Å². The molecule has 0 aliphatic rings. The monoisotopic (exact) mass is 260 g/mol. The van der Waals surface area contributed by atoms with Gasteiger partial charge in [0, 0.05) is 18.9 Å². The first kappa shape index (κ1) is 13.4. The fourth-order valence-corrected chi connectivity index (χ4v) is 1.82. The molecule has 0 fully saturated rings. The number of aromatic nitrogens is 3. The summed E-state index contributed by atoms with van der Waals surface area (Å²) in [5.74, 6) is 0.639. The Kier molecular flexibility index (Phi) is 4.39. The summed E-state index contributed by atoms with van der Waals surface area (Å²) >= 11 is 0. The molecule has 102 valence electrons. The molecule has 0 aliphatic carbocycles. The Morgan fingerprint density at radius 3 is 2.89 bits per heavy atom. The first-order valence-corrected chi connectivity index (χ1v) is 6.57. The highest BCUT2D eigenvalue weighted by Gasteiger charge is 2.07. The van der Waals surface area contributed by atoms with Gasteiger partial charge in [-0.05, 0) is 39.0 Å². The van der Waals surface area contributed by atoms with E-state index in [0.717, 1.165) is 17.9 Å². The number of hydrogen-bond acceptors (Lipinski definition) is 4. The number of nitrogens with zero attached hydrogens (tertiary/aromatic N) is 3. The molecule has 2 heterocycles. The van der Waals surface area contributed by atoms with Gasteiger partial charge in [-0.2, -0.15) is 5.10 Å². The fourth-order valence-electron chi connectivity index (χ4n) is 1.82. The molecule has 5 heteroatoms. The molecule has 0 aromatic carbocycles. The van der Waals surface area contributed by atoms with Crippen molar-refractivity contribution in [2.24, 2.45) is 0 Å². The average molecular weight is 260 g/mol. The molecule has 2 aromatic heterocycles. The Hall–Kier alpha value is -2.04. The fraction of sp³-hybridized carbons (Fsp3) is 0.429. The SMILES string of the molecule is CCn1nccc1CNc1cccnc1OC(C)C. The molecule has 0 aliphatic heterocycles. The van der Waals surface area contributed by atoms with E-state index in [4.69, 9.17) is 4.74 Å². The predicted octanol–water partition coefficient (Wildman–Crippen LogP) is 2.70. The van der Waals surface area contributed by atoms with Crippen LogP contribution in [0.2, 0.25) is 0 Å². The lowest BCUT2D eigenvalue weighted by Gasteiger charge is -2.14. The maximum absolute atomic E-state index is 5.68. The van der Waals surface area contributed by atoms with Crippen LogP contribution in [0.25, 0.3) is 0 Å². The van der Waals surface area contributed by atoms with Crippen LogP contribution >= 0.6 is 0 Å². The summed E-state index contributed by atoms with van der Waals surface area (Å²) < 4.78 is 7.64. The second kappa shape index (κ2) is 6.22. The van der Waals surface area contributed by atoms with Crippen LogP contribution in [0.15, 0.2) is 30.6 Å². The largest absolute Gasteiger partial charge is 0.473 e. The van der Waals surface area contributed by atoms with E-state index in [9.17, 15) is 0 Å². The maximum Gasteiger partial charge on any atom is 0.237 e. The Labute approximate surface area is 113 Å². The number of ether oxygens (including phenoxy) is 1. The third kappa shape index (κ3) is 3.47. The zero-order valence-electron chi connectivity index (χ0n) is 11.6. The van der Waals surface area contributed by atoms with Gasteiger partial charge < -0.3 is 10.1 Å². The Morgan fingerprint density at radius 2 is 2.16 bits per heavy atom. The molecule has 5 nitrogen and oxygen atoms in total. The number of pyridine rings is 1. The van der Waals surface area contributed by atoms with Gasteiger partial charge in [0.05, 0.1) is 24.0 Å². The lowest BCUT2D eigenvalue weighted by molar-refractivity contribution is 0.234. The molecule has 0 bridgehead atoms. The van der Waals surface area contributed by atoms with Gasteiger partial charge in [-0.15, -0.1) is 0 Å². The van der Waals surface area contributed by atoms with E-state index in [1.807, 2.05) is 42.9 Å². The van der Waals surface area contributed by atoms with E-state index < -0.39 is 0 Å². The smallest absolute Gasteiger partial charge is 0.237 e. The van der Waals surface area contributed by atoms with Crippen molar-refractivity contribution in [2.75, 3.05) is 5.32 Å². The lowest BCUT2D eigenvalue weighted by Crippen LogP contribution is -2.11.